The fourth-order valence-electron chi connectivity index (χ4n) is 4.63. The van der Waals surface area contributed by atoms with E-state index in [0.29, 0.717) is 28.9 Å². The maximum atomic E-state index is 12.5. The lowest BCUT2D eigenvalue weighted by molar-refractivity contribution is 0.0958. The van der Waals surface area contributed by atoms with Crippen LogP contribution in [0.25, 0.3) is 0 Å². The third kappa shape index (κ3) is 6.33. The molecule has 12 heteroatoms. The number of fused-ring (bicyclic) bond motifs is 1. The number of hydrogen-bond acceptors (Lipinski definition) is 8. The number of carbonyl (C=O) groups excluding carboxylic acids is 1. The summed E-state index contributed by atoms with van der Waals surface area (Å²) < 4.78 is 26.3. The van der Waals surface area contributed by atoms with E-state index >= 15 is 0 Å². The summed E-state index contributed by atoms with van der Waals surface area (Å²) >= 11 is 6.38. The van der Waals surface area contributed by atoms with Gasteiger partial charge in [-0.25, -0.2) is 18.1 Å². The first kappa shape index (κ1) is 25.5. The summed E-state index contributed by atoms with van der Waals surface area (Å²) in [5, 5.41) is 9.82. The predicted octanol–water partition coefficient (Wildman–Crippen LogP) is 3.10. The van der Waals surface area contributed by atoms with E-state index in [1.807, 2.05) is 12.1 Å². The minimum atomic E-state index is -3.33. The third-order valence-electron chi connectivity index (χ3n) is 6.27. The minimum Gasteiger partial charge on any atom is -0.367 e. The number of nitrogens with one attached hydrogen (secondary N) is 4. The summed E-state index contributed by atoms with van der Waals surface area (Å²) in [6.45, 7) is 5.49. The van der Waals surface area contributed by atoms with Crippen LogP contribution in [0.4, 0.5) is 23.1 Å². The van der Waals surface area contributed by atoms with Gasteiger partial charge in [-0.1, -0.05) is 24.4 Å². The van der Waals surface area contributed by atoms with Gasteiger partial charge in [0.15, 0.2) is 5.82 Å². The Morgan fingerprint density at radius 1 is 1.20 bits per heavy atom. The topological polar surface area (TPSA) is 128 Å². The Balaban J connectivity index is 1.56. The van der Waals surface area contributed by atoms with E-state index in [2.05, 4.69) is 49.4 Å². The molecule has 2 atom stereocenters. The quantitative estimate of drug-likeness (QED) is 0.437. The molecule has 2 aromatic rings. The highest BCUT2D eigenvalue weighted by Gasteiger charge is 2.28. The van der Waals surface area contributed by atoms with Crippen LogP contribution in [0.3, 0.4) is 0 Å². The largest absolute Gasteiger partial charge is 0.367 e. The second-order valence-electron chi connectivity index (χ2n) is 9.32. The van der Waals surface area contributed by atoms with Crippen molar-refractivity contribution in [2.75, 3.05) is 34.9 Å². The first-order chi connectivity index (χ1) is 16.6. The molecular formula is C23H32ClN7O3S. The van der Waals surface area contributed by atoms with Crippen LogP contribution in [0.2, 0.25) is 5.02 Å². The summed E-state index contributed by atoms with van der Waals surface area (Å²) in [6, 6.07) is 5.40. The standard InChI is InChI=1S/C23H32ClN7O3S/c1-14(2)31-11-10-25-22(32)16-9-8-15(12-20(16)31)27-23-26-13-17(24)21(29-23)28-18-6-4-5-7-19(18)30-35(3,33)34/h8-9,12-14,18-19,30H,4-7,10-11H2,1-3H3,(H,25,32)(H2,26,27,28,29). The van der Waals surface area contributed by atoms with Crippen LogP contribution in [-0.4, -0.2) is 61.8 Å². The SMILES string of the molecule is CC(C)N1CCNC(=O)c2ccc(Nc3ncc(Cl)c(NC4CCCCC4NS(C)(=O)=O)n3)cc21. The number of aromatic nitrogens is 2. The first-order valence-electron chi connectivity index (χ1n) is 11.8. The highest BCUT2D eigenvalue weighted by atomic mass is 35.5. The summed E-state index contributed by atoms with van der Waals surface area (Å²) in [4.78, 5) is 23.5. The van der Waals surface area contributed by atoms with Crippen molar-refractivity contribution in [3.05, 3.63) is 35.0 Å². The van der Waals surface area contributed by atoms with Gasteiger partial charge in [0.2, 0.25) is 16.0 Å². The maximum absolute atomic E-state index is 12.5. The van der Waals surface area contributed by atoms with Crippen LogP contribution in [-0.2, 0) is 10.0 Å². The Morgan fingerprint density at radius 3 is 2.66 bits per heavy atom. The van der Waals surface area contributed by atoms with Crippen molar-refractivity contribution < 1.29 is 13.2 Å². The molecule has 2 unspecified atom stereocenters. The number of hydrogen-bond donors (Lipinski definition) is 4. The van der Waals surface area contributed by atoms with E-state index in [0.717, 1.165) is 43.6 Å². The van der Waals surface area contributed by atoms with Crippen molar-refractivity contribution in [3.63, 3.8) is 0 Å². The first-order valence-corrected chi connectivity index (χ1v) is 14.1. The average Bonchev–Trinajstić information content (AvgIpc) is 2.95. The molecule has 2 heterocycles. The molecule has 1 amide bonds. The third-order valence-corrected chi connectivity index (χ3v) is 7.27. The van der Waals surface area contributed by atoms with Crippen molar-refractivity contribution in [1.82, 2.24) is 20.0 Å². The van der Waals surface area contributed by atoms with E-state index in [1.54, 1.807) is 6.07 Å². The molecule has 0 saturated heterocycles. The normalized spacial score (nSPS) is 20.7. The zero-order chi connectivity index (χ0) is 25.2. The number of benzene rings is 1. The number of rotatable bonds is 7. The number of nitrogens with zero attached hydrogens (tertiary/aromatic N) is 3. The van der Waals surface area contributed by atoms with Crippen LogP contribution in [0.1, 0.15) is 49.9 Å². The Labute approximate surface area is 211 Å². The van der Waals surface area contributed by atoms with Gasteiger partial charge in [-0.3, -0.25) is 4.79 Å². The molecule has 35 heavy (non-hydrogen) atoms. The Morgan fingerprint density at radius 2 is 1.94 bits per heavy atom. The molecule has 1 aliphatic heterocycles. The number of sulfonamides is 1. The molecule has 0 radical (unpaired) electrons. The van der Waals surface area contributed by atoms with E-state index in [4.69, 9.17) is 11.6 Å². The summed E-state index contributed by atoms with van der Waals surface area (Å²) in [5.41, 5.74) is 2.22. The fourth-order valence-corrected chi connectivity index (χ4v) is 5.61. The lowest BCUT2D eigenvalue weighted by atomic mass is 9.91. The lowest BCUT2D eigenvalue weighted by Crippen LogP contribution is -2.48. The van der Waals surface area contributed by atoms with E-state index in [9.17, 15) is 13.2 Å². The molecule has 2 aliphatic rings. The number of carbonyl (C=O) groups is 1. The molecule has 4 N–H and O–H groups in total. The molecular weight excluding hydrogens is 490 g/mol. The molecule has 0 spiro atoms. The van der Waals surface area contributed by atoms with Gasteiger partial charge >= 0.3 is 0 Å². The summed E-state index contributed by atoms with van der Waals surface area (Å²) in [7, 11) is -3.33. The molecule has 10 nitrogen and oxygen atoms in total. The van der Waals surface area contributed by atoms with Crippen LogP contribution >= 0.6 is 11.6 Å². The van der Waals surface area contributed by atoms with Crippen molar-refractivity contribution in [1.29, 1.82) is 0 Å². The fraction of sp³-hybridized carbons (Fsp3) is 0.522. The summed E-state index contributed by atoms with van der Waals surface area (Å²) in [5.74, 6) is 0.692. The molecule has 1 aromatic heterocycles. The molecule has 1 aliphatic carbocycles. The minimum absolute atomic E-state index is 0.0892. The van der Waals surface area contributed by atoms with Gasteiger partial charge in [0.1, 0.15) is 5.02 Å². The zero-order valence-electron chi connectivity index (χ0n) is 20.1. The van der Waals surface area contributed by atoms with Gasteiger partial charge in [0.25, 0.3) is 5.91 Å². The molecule has 4 rings (SSSR count). The number of anilines is 4. The van der Waals surface area contributed by atoms with Crippen LogP contribution < -0.4 is 25.6 Å². The van der Waals surface area contributed by atoms with Crippen molar-refractivity contribution in [2.24, 2.45) is 0 Å². The highest BCUT2D eigenvalue weighted by molar-refractivity contribution is 7.88. The van der Waals surface area contributed by atoms with Gasteiger partial charge in [-0.2, -0.15) is 4.98 Å². The van der Waals surface area contributed by atoms with Gasteiger partial charge in [0, 0.05) is 36.9 Å². The average molecular weight is 522 g/mol. The zero-order valence-corrected chi connectivity index (χ0v) is 21.7. The molecule has 1 fully saturated rings. The molecule has 1 aromatic carbocycles. The summed E-state index contributed by atoms with van der Waals surface area (Å²) in [6.07, 6.45) is 6.17. The maximum Gasteiger partial charge on any atom is 0.253 e. The number of amides is 1. The second-order valence-corrected chi connectivity index (χ2v) is 11.5. The number of halogens is 1. The Bertz CT molecular complexity index is 1190. The second kappa shape index (κ2) is 10.5. The monoisotopic (exact) mass is 521 g/mol. The molecule has 190 valence electrons. The predicted molar refractivity (Wildman–Crippen MR) is 139 cm³/mol. The Kier molecular flexibility index (Phi) is 7.67. The van der Waals surface area contributed by atoms with E-state index in [1.165, 1.54) is 12.5 Å². The molecule has 1 saturated carbocycles. The molecule has 0 bridgehead atoms. The Hall–Kier alpha value is -2.63. The van der Waals surface area contributed by atoms with Crippen molar-refractivity contribution in [2.45, 2.75) is 57.7 Å². The highest BCUT2D eigenvalue weighted by Crippen LogP contribution is 2.30. The van der Waals surface area contributed by atoms with Crippen LogP contribution in [0, 0.1) is 0 Å². The van der Waals surface area contributed by atoms with Crippen molar-refractivity contribution in [3.8, 4) is 0 Å². The van der Waals surface area contributed by atoms with E-state index in [-0.39, 0.29) is 24.0 Å². The van der Waals surface area contributed by atoms with Crippen LogP contribution in [0.15, 0.2) is 24.4 Å². The lowest BCUT2D eigenvalue weighted by Gasteiger charge is -2.32. The van der Waals surface area contributed by atoms with Gasteiger partial charge in [0.05, 0.1) is 23.7 Å². The van der Waals surface area contributed by atoms with Gasteiger partial charge < -0.3 is 20.9 Å². The van der Waals surface area contributed by atoms with Gasteiger partial charge in [-0.05, 0) is 44.9 Å². The van der Waals surface area contributed by atoms with E-state index < -0.39 is 10.0 Å². The van der Waals surface area contributed by atoms with Crippen molar-refractivity contribution >= 4 is 50.7 Å². The van der Waals surface area contributed by atoms with Crippen LogP contribution in [0.5, 0.6) is 0 Å². The smallest absolute Gasteiger partial charge is 0.253 e. The van der Waals surface area contributed by atoms with Gasteiger partial charge in [-0.15, -0.1) is 0 Å².